The summed E-state index contributed by atoms with van der Waals surface area (Å²) in [4.78, 5) is 6.30. The van der Waals surface area contributed by atoms with Crippen molar-refractivity contribution in [3.63, 3.8) is 0 Å². The molecule has 218 valence electrons. The number of anilines is 1. The minimum absolute atomic E-state index is 0.226. The van der Waals surface area contributed by atoms with Gasteiger partial charge in [-0.3, -0.25) is 4.98 Å². The summed E-state index contributed by atoms with van der Waals surface area (Å²) in [6.07, 6.45) is -2.40. The van der Waals surface area contributed by atoms with Crippen molar-refractivity contribution >= 4 is 16.6 Å². The lowest BCUT2D eigenvalue weighted by molar-refractivity contribution is -0.140. The summed E-state index contributed by atoms with van der Waals surface area (Å²) in [5, 5.41) is 6.98. The van der Waals surface area contributed by atoms with Crippen LogP contribution >= 0.6 is 0 Å². The first-order valence-electron chi connectivity index (χ1n) is 13.7. The predicted octanol–water partition coefficient (Wildman–Crippen LogP) is 5.79. The van der Waals surface area contributed by atoms with E-state index in [2.05, 4.69) is 34.4 Å². The lowest BCUT2D eigenvalue weighted by atomic mass is 10.0. The number of likely N-dealkylation sites (tertiary alicyclic amines) is 1. The molecule has 2 N–H and O–H groups in total. The molecule has 2 unspecified atom stereocenters. The molecule has 6 nitrogen and oxygen atoms in total. The fourth-order valence-corrected chi connectivity index (χ4v) is 4.65. The molecule has 0 bridgehead atoms. The molecule has 4 rings (SSSR count). The van der Waals surface area contributed by atoms with Crippen LogP contribution < -0.4 is 15.4 Å². The first kappa shape index (κ1) is 31.2. The average Bonchev–Trinajstić information content (AvgIpc) is 3.26. The number of hydrogen-bond acceptors (Lipinski definition) is 5. The second kappa shape index (κ2) is 14.4. The topological polar surface area (TPSA) is 54.3 Å². The van der Waals surface area contributed by atoms with Crippen LogP contribution in [-0.2, 0) is 19.5 Å². The van der Waals surface area contributed by atoms with E-state index < -0.39 is 18.9 Å². The quantitative estimate of drug-likeness (QED) is 0.269. The monoisotopic (exact) mass is 561 g/mol. The zero-order valence-corrected chi connectivity index (χ0v) is 23.8. The number of rotatable bonds is 8. The Hall–Kier alpha value is -3.29. The molecule has 3 aromatic rings. The normalized spacial score (nSPS) is 17.5. The number of fused-ring (bicyclic) bond motifs is 1. The fourth-order valence-electron chi connectivity index (χ4n) is 4.65. The Morgan fingerprint density at radius 1 is 1.18 bits per heavy atom. The van der Waals surface area contributed by atoms with E-state index in [1.165, 1.54) is 6.20 Å². The van der Waals surface area contributed by atoms with E-state index in [4.69, 9.17) is 4.74 Å². The Bertz CT molecular complexity index is 1310. The van der Waals surface area contributed by atoms with Gasteiger partial charge >= 0.3 is 6.18 Å². The maximum atomic E-state index is 14.3. The second-order valence-corrected chi connectivity index (χ2v) is 9.56. The molecule has 10 heteroatoms. The van der Waals surface area contributed by atoms with Crippen LogP contribution in [0.25, 0.3) is 10.9 Å². The van der Waals surface area contributed by atoms with E-state index in [0.717, 1.165) is 28.8 Å². The molecule has 0 radical (unpaired) electrons. The van der Waals surface area contributed by atoms with Gasteiger partial charge in [-0.2, -0.15) is 13.2 Å². The van der Waals surface area contributed by atoms with Gasteiger partial charge in [0.25, 0.3) is 0 Å². The van der Waals surface area contributed by atoms with E-state index in [0.29, 0.717) is 41.9 Å². The van der Waals surface area contributed by atoms with Crippen molar-refractivity contribution in [2.75, 3.05) is 39.1 Å². The number of pyridine rings is 1. The van der Waals surface area contributed by atoms with Gasteiger partial charge in [-0.25, -0.2) is 4.39 Å². The highest BCUT2D eigenvalue weighted by Crippen LogP contribution is 2.27. The summed E-state index contributed by atoms with van der Waals surface area (Å²) in [7, 11) is 3.48. The number of nitrogens with one attached hydrogen (secondary N) is 2. The van der Waals surface area contributed by atoms with Crippen LogP contribution in [0.3, 0.4) is 0 Å². The summed E-state index contributed by atoms with van der Waals surface area (Å²) in [6.45, 7) is 6.62. The third-order valence-corrected chi connectivity index (χ3v) is 6.73. The Labute approximate surface area is 234 Å². The Morgan fingerprint density at radius 2 is 1.95 bits per heavy atom. The molecular weight excluding hydrogens is 522 g/mol. The molecule has 2 aromatic heterocycles. The molecule has 1 aliphatic rings. The summed E-state index contributed by atoms with van der Waals surface area (Å²) in [6, 6.07) is 8.93. The molecule has 1 fully saturated rings. The molecule has 1 aromatic carbocycles. The van der Waals surface area contributed by atoms with Crippen molar-refractivity contribution in [1.82, 2.24) is 19.8 Å². The highest BCUT2D eigenvalue weighted by atomic mass is 19.4. The van der Waals surface area contributed by atoms with Crippen LogP contribution in [0.5, 0.6) is 5.75 Å². The molecule has 1 saturated heterocycles. The largest absolute Gasteiger partial charge is 0.495 e. The van der Waals surface area contributed by atoms with Crippen LogP contribution in [-0.4, -0.2) is 66.6 Å². The van der Waals surface area contributed by atoms with Crippen LogP contribution in [0.2, 0.25) is 0 Å². The SMILES string of the molecule is CC.CCc1ccc(NCC#Cc2cc3cc(CNC4CCN(C)CC4F)ncc3n2CC(F)(F)F)c(OC)c1. The Morgan fingerprint density at radius 3 is 2.62 bits per heavy atom. The number of hydrogen-bond donors (Lipinski definition) is 2. The van der Waals surface area contributed by atoms with Crippen molar-refractivity contribution in [3.8, 4) is 17.6 Å². The molecular formula is C30H39F4N5O. The van der Waals surface area contributed by atoms with Crippen molar-refractivity contribution in [2.24, 2.45) is 0 Å². The molecule has 40 heavy (non-hydrogen) atoms. The zero-order valence-electron chi connectivity index (χ0n) is 23.8. The second-order valence-electron chi connectivity index (χ2n) is 9.56. The standard InChI is InChI=1S/C28H33F4N5O.C2H6/c1-4-19-7-8-25(27(12-19)38-3)33-10-5-6-22-14-20-13-21(15-35-24-9-11-36(2)17-23(24)29)34-16-26(20)37(22)18-28(30,31)32;1-2/h7-8,12-14,16,23-24,33,35H,4,9-11,15,17-18H2,1-3H3;1-2H3. The Balaban J connectivity index is 0.00000216. The van der Waals surface area contributed by atoms with Gasteiger partial charge in [-0.05, 0) is 62.2 Å². The van der Waals surface area contributed by atoms with Gasteiger partial charge in [-0.1, -0.05) is 32.8 Å². The highest BCUT2D eigenvalue weighted by Gasteiger charge is 2.30. The first-order chi connectivity index (χ1) is 19.2. The lowest BCUT2D eigenvalue weighted by Crippen LogP contribution is -2.49. The first-order valence-corrected chi connectivity index (χ1v) is 13.7. The summed E-state index contributed by atoms with van der Waals surface area (Å²) >= 11 is 0. The zero-order chi connectivity index (χ0) is 29.3. The predicted molar refractivity (Wildman–Crippen MR) is 153 cm³/mol. The van der Waals surface area contributed by atoms with Crippen molar-refractivity contribution in [1.29, 1.82) is 0 Å². The van der Waals surface area contributed by atoms with E-state index in [1.807, 2.05) is 44.0 Å². The maximum absolute atomic E-state index is 14.3. The number of methoxy groups -OCH3 is 1. The highest BCUT2D eigenvalue weighted by molar-refractivity contribution is 5.82. The molecule has 1 aliphatic heterocycles. The van der Waals surface area contributed by atoms with Crippen LogP contribution in [0.15, 0.2) is 36.5 Å². The number of alkyl halides is 4. The van der Waals surface area contributed by atoms with Gasteiger partial charge < -0.3 is 24.8 Å². The van der Waals surface area contributed by atoms with Crippen molar-refractivity contribution in [3.05, 3.63) is 53.5 Å². The smallest absolute Gasteiger partial charge is 0.406 e. The van der Waals surface area contributed by atoms with E-state index >= 15 is 0 Å². The summed E-state index contributed by atoms with van der Waals surface area (Å²) in [5.41, 5.74) is 3.13. The molecule has 0 spiro atoms. The molecule has 3 heterocycles. The molecule has 2 atom stereocenters. The molecule has 0 aliphatic carbocycles. The van der Waals surface area contributed by atoms with Crippen LogP contribution in [0, 0.1) is 11.8 Å². The van der Waals surface area contributed by atoms with Gasteiger partial charge in [0.2, 0.25) is 0 Å². The van der Waals surface area contributed by atoms with E-state index in [1.54, 1.807) is 19.2 Å². The number of ether oxygens (including phenoxy) is 1. The van der Waals surface area contributed by atoms with Crippen LogP contribution in [0.4, 0.5) is 23.2 Å². The molecule has 0 saturated carbocycles. The minimum Gasteiger partial charge on any atom is -0.495 e. The van der Waals surface area contributed by atoms with Gasteiger partial charge in [0.15, 0.2) is 0 Å². The number of benzene rings is 1. The summed E-state index contributed by atoms with van der Waals surface area (Å²) < 4.78 is 61.1. The van der Waals surface area contributed by atoms with Gasteiger partial charge in [0, 0.05) is 24.5 Å². The minimum atomic E-state index is -4.42. The number of piperidine rings is 1. The maximum Gasteiger partial charge on any atom is 0.406 e. The third kappa shape index (κ3) is 8.35. The van der Waals surface area contributed by atoms with Crippen LogP contribution in [0.1, 0.15) is 44.1 Å². The Kier molecular flexibility index (Phi) is 11.2. The van der Waals surface area contributed by atoms with Gasteiger partial charge in [0.1, 0.15) is 18.5 Å². The third-order valence-electron chi connectivity index (χ3n) is 6.73. The lowest BCUT2D eigenvalue weighted by Gasteiger charge is -2.32. The van der Waals surface area contributed by atoms with E-state index in [9.17, 15) is 17.6 Å². The number of halogens is 4. The van der Waals surface area contributed by atoms with Gasteiger partial charge in [-0.15, -0.1) is 0 Å². The number of nitrogens with zero attached hydrogens (tertiary/aromatic N) is 3. The van der Waals surface area contributed by atoms with Crippen molar-refractivity contribution in [2.45, 2.75) is 65.1 Å². The average molecular weight is 562 g/mol. The molecule has 0 amide bonds. The van der Waals surface area contributed by atoms with Crippen molar-refractivity contribution < 1.29 is 22.3 Å². The number of aryl methyl sites for hydroxylation is 1. The van der Waals surface area contributed by atoms with Gasteiger partial charge in [0.05, 0.1) is 42.4 Å². The fraction of sp³-hybridized carbons (Fsp3) is 0.500. The van der Waals surface area contributed by atoms with E-state index in [-0.39, 0.29) is 18.3 Å². The summed E-state index contributed by atoms with van der Waals surface area (Å²) in [5.74, 6) is 6.49. The number of aromatic nitrogens is 2.